The van der Waals surface area contributed by atoms with E-state index in [9.17, 15) is 53.2 Å². The maximum Gasteiger partial charge on any atom is 3.00 e. The van der Waals surface area contributed by atoms with Gasteiger partial charge in [-0.25, -0.2) is 4.98 Å². The molecule has 2 fully saturated rings. The molecule has 7 heterocycles. The fraction of sp³-hybridized carbons (Fsp3) is 0.619. The van der Waals surface area contributed by atoms with Crippen LogP contribution in [-0.2, 0) is 68.7 Å². The van der Waals surface area contributed by atoms with E-state index in [0.29, 0.717) is 56.4 Å². The number of nitrogens with two attached hydrogens (primary N) is 6. The number of benzene rings is 1. The Bertz CT molecular complexity index is 3600. The molecule has 0 radical (unpaired) electrons. The number of amides is 7. The zero-order valence-electron chi connectivity index (χ0n) is 54.4. The smallest absolute Gasteiger partial charge is 0.756 e. The zero-order chi connectivity index (χ0) is 68.7. The first kappa shape index (κ1) is 75.0. The minimum atomic E-state index is -5.32. The molecule has 0 spiro atoms. The Morgan fingerprint density at radius 2 is 1.39 bits per heavy atom. The molecule has 7 amide bonds. The molecule has 28 nitrogen and oxygen atoms in total. The Labute approximate surface area is 551 Å². The van der Waals surface area contributed by atoms with Crippen molar-refractivity contribution in [1.29, 1.82) is 5.26 Å². The van der Waals surface area contributed by atoms with Gasteiger partial charge in [-0.3, -0.25) is 53.1 Å². The van der Waals surface area contributed by atoms with Crippen LogP contribution in [0, 0.1) is 71.0 Å². The van der Waals surface area contributed by atoms with E-state index >= 15 is 0 Å². The SMILES string of the molecule is C/C1=C2/[N-]C([C@H](CC(N)=O)[C@@]2(C)CCC(=O)NCC(C)OP(=O)([O-])OC2C(O)[C@@H](n3cnc4cc(C)c(C)cc43)O[C@@H]2CO)[C@]2(C)N=C(/C(C)=C3N=C(/C=C4N=C1[C@@H](CCC(N)=O)C\4(C)C)[C@@H](CCC(N)=O)[C@]\3(C)CC(N)=O)[C@@H](CCC(N)=O)[C@]2(C)CC(N)=O.[C-]#N.[Co+3]. The number of hydrogen-bond donors (Lipinski definition) is 9. The molecule has 93 heavy (non-hydrogen) atoms. The van der Waals surface area contributed by atoms with Gasteiger partial charge in [-0.1, -0.05) is 40.7 Å². The van der Waals surface area contributed by atoms with E-state index < -0.39 is 143 Å². The third kappa shape index (κ3) is 14.6. The van der Waals surface area contributed by atoms with Crippen LogP contribution in [0.2, 0.25) is 0 Å². The number of phosphoric acid groups is 1. The number of rotatable bonds is 26. The van der Waals surface area contributed by atoms with Gasteiger partial charge in [0.2, 0.25) is 41.4 Å². The van der Waals surface area contributed by atoms with E-state index in [1.165, 1.54) is 17.8 Å². The molecule has 5 unspecified atom stereocenters. The average molecular weight is 1360 g/mol. The number of phosphoric ester groups is 1. The van der Waals surface area contributed by atoms with E-state index in [0.717, 1.165) is 11.1 Å². The quantitative estimate of drug-likeness (QED) is 0.0481. The summed E-state index contributed by atoms with van der Waals surface area (Å²) in [5, 5.41) is 36.4. The predicted octanol–water partition coefficient (Wildman–Crippen LogP) is 3.41. The minimum Gasteiger partial charge on any atom is -0.756 e. The number of ether oxygens (including phenoxy) is 1. The van der Waals surface area contributed by atoms with E-state index in [4.69, 9.17) is 80.3 Å². The van der Waals surface area contributed by atoms with Gasteiger partial charge >= 0.3 is 16.8 Å². The number of aliphatic hydroxyl groups is 2. The molecule has 30 heteroatoms. The first-order valence-corrected chi connectivity index (χ1v) is 32.2. The van der Waals surface area contributed by atoms with Gasteiger partial charge in [-0.2, -0.15) is 5.70 Å². The number of primary amides is 6. The molecular weight excluding hydrogens is 1270 g/mol. The second-order valence-corrected chi connectivity index (χ2v) is 28.3. The number of fused-ring (bicyclic) bond motifs is 7. The molecule has 15 atom stereocenters. The Morgan fingerprint density at radius 3 is 1.96 bits per heavy atom. The second-order valence-electron chi connectivity index (χ2n) is 27.0. The third-order valence-corrected chi connectivity index (χ3v) is 21.6. The van der Waals surface area contributed by atoms with Gasteiger partial charge in [0.05, 0.1) is 41.3 Å². The van der Waals surface area contributed by atoms with E-state index in [1.54, 1.807) is 6.92 Å². The first-order chi connectivity index (χ1) is 42.8. The molecule has 2 aromatic rings. The number of hydrogen-bond acceptors (Lipinski definition) is 19. The maximum absolute atomic E-state index is 14.4. The summed E-state index contributed by atoms with van der Waals surface area (Å²) in [6.45, 7) is 23.7. The van der Waals surface area contributed by atoms with E-state index in [2.05, 4.69) is 10.3 Å². The van der Waals surface area contributed by atoms with Crippen molar-refractivity contribution in [3.8, 4) is 0 Å². The van der Waals surface area contributed by atoms with Gasteiger partial charge in [0.15, 0.2) is 6.23 Å². The van der Waals surface area contributed by atoms with Gasteiger partial charge in [0, 0.05) is 108 Å². The number of aromatic nitrogens is 2. The van der Waals surface area contributed by atoms with Gasteiger partial charge in [0.1, 0.15) is 18.3 Å². The molecule has 15 N–H and O–H groups in total. The van der Waals surface area contributed by atoms with Crippen molar-refractivity contribution in [2.75, 3.05) is 13.2 Å². The number of imidazole rings is 1. The van der Waals surface area contributed by atoms with E-state index in [1.807, 2.05) is 80.5 Å². The van der Waals surface area contributed by atoms with Gasteiger partial charge in [-0.05, 0) is 119 Å². The number of carbonyl (C=O) groups excluding carboxylic acids is 7. The van der Waals surface area contributed by atoms with Crippen LogP contribution in [0.5, 0.6) is 0 Å². The van der Waals surface area contributed by atoms with Gasteiger partial charge in [-0.15, -0.1) is 0 Å². The predicted molar refractivity (Wildman–Crippen MR) is 337 cm³/mol. The van der Waals surface area contributed by atoms with Crippen LogP contribution in [-0.4, -0.2) is 127 Å². The molecule has 8 bridgehead atoms. The molecule has 2 saturated heterocycles. The summed E-state index contributed by atoms with van der Waals surface area (Å²) in [6.07, 6.45) is -4.79. The number of allylic oxidation sites excluding steroid dienone is 6. The first-order valence-electron chi connectivity index (χ1n) is 30.7. The van der Waals surface area contributed by atoms with Gasteiger partial charge in [0.25, 0.3) is 7.82 Å². The normalized spacial score (nSPS) is 33.1. The third-order valence-electron chi connectivity index (χ3n) is 20.5. The molecule has 0 saturated carbocycles. The number of carbonyl (C=O) groups is 7. The molecule has 0 aliphatic carbocycles. The molecule has 1 aromatic carbocycles. The monoisotopic (exact) mass is 1350 g/mol. The zero-order valence-corrected chi connectivity index (χ0v) is 56.4. The summed E-state index contributed by atoms with van der Waals surface area (Å²) >= 11 is 0. The molecular formula is C63H88CoN14O14P. The molecule has 8 rings (SSSR count). The van der Waals surface area contributed by atoms with Crippen molar-refractivity contribution in [2.24, 2.45) is 94.7 Å². The van der Waals surface area contributed by atoms with Crippen LogP contribution >= 0.6 is 7.82 Å². The molecule has 1 aromatic heterocycles. The summed E-state index contributed by atoms with van der Waals surface area (Å²) in [7, 11) is -5.32. The fourth-order valence-corrected chi connectivity index (χ4v) is 16.4. The summed E-state index contributed by atoms with van der Waals surface area (Å²) in [5.74, 6) is -7.40. The van der Waals surface area contributed by atoms with Crippen LogP contribution < -0.4 is 44.6 Å². The van der Waals surface area contributed by atoms with Crippen molar-refractivity contribution in [1.82, 2.24) is 14.9 Å². The van der Waals surface area contributed by atoms with Crippen molar-refractivity contribution < 1.29 is 83.8 Å². The number of nitrogens with zero attached hydrogens (tertiary/aromatic N) is 7. The molecule has 508 valence electrons. The van der Waals surface area contributed by atoms with Crippen molar-refractivity contribution in [3.63, 3.8) is 0 Å². The van der Waals surface area contributed by atoms with Crippen LogP contribution in [0.4, 0.5) is 0 Å². The van der Waals surface area contributed by atoms with Crippen molar-refractivity contribution >= 4 is 77.3 Å². The van der Waals surface area contributed by atoms with Crippen LogP contribution in [0.3, 0.4) is 0 Å². The molecule has 6 aliphatic heterocycles. The van der Waals surface area contributed by atoms with Crippen molar-refractivity contribution in [3.05, 3.63) is 75.8 Å². The van der Waals surface area contributed by atoms with Gasteiger partial charge < -0.3 is 90.3 Å². The number of aryl methyl sites for hydroxylation is 2. The number of aliphatic hydroxyl groups excluding tert-OH is 2. The van der Waals surface area contributed by atoms with Crippen LogP contribution in [0.1, 0.15) is 150 Å². The number of aliphatic imine (C=N–C) groups is 3. The Balaban J connectivity index is 0.00000453. The standard InChI is InChI=1S/C62H90N13O14P.CN.Co/c1-29-20-39-40(21-30(29)2)75(28-70-39)57-52(84)53(41(27-76)87-57)89-90(85,86)88-31(3)26-69-49(83)18-19-59(8)37(22-46(66)80)56-62(11)61(10,25-48(68)82)36(14-17-45(65)79)51(74-62)33(5)55-60(9,24-47(67)81)34(12-15-43(63)77)38(71-55)23-42-58(6,7)35(13-16-44(64)78)50(72-42)32(4)54(59)73-56;1-2;/h20-21,23,28,31,34-37,41,52-53,56-57,76,84H,12-19,22,24-27H2,1-11H3,(H15,63,64,65,66,67,68,69,71,72,73,74,77,78,79,80,81,82,83,85,86);;/q;-1;+3/p-2/t31?,34-,35-,36-,37+,41-,52?,53?,56?,57+,59-,60+,61+,62+;;/m1../s1. The summed E-state index contributed by atoms with van der Waals surface area (Å²) < 4.78 is 31.9. The average Bonchev–Trinajstić information content (AvgIpc) is 1.53. The summed E-state index contributed by atoms with van der Waals surface area (Å²) in [6, 6.07) is 2.65. The second kappa shape index (κ2) is 28.5. The Kier molecular flexibility index (Phi) is 23.0. The topological polar surface area (TPSA) is 489 Å². The van der Waals surface area contributed by atoms with Crippen molar-refractivity contribution in [2.45, 2.75) is 189 Å². The number of nitrogens with one attached hydrogen (secondary N) is 1. The summed E-state index contributed by atoms with van der Waals surface area (Å²) in [5.41, 5.74) is 36.7. The Morgan fingerprint density at radius 1 is 0.806 bits per heavy atom. The largest absolute Gasteiger partial charge is 3.00 e. The Hall–Kier alpha value is -7.00. The summed E-state index contributed by atoms with van der Waals surface area (Å²) in [4.78, 5) is 128. The fourth-order valence-electron chi connectivity index (χ4n) is 15.3. The van der Waals surface area contributed by atoms with Crippen LogP contribution in [0.25, 0.3) is 16.4 Å². The van der Waals surface area contributed by atoms with E-state index in [-0.39, 0.29) is 94.0 Å². The maximum atomic E-state index is 14.4. The van der Waals surface area contributed by atoms with Crippen LogP contribution in [0.15, 0.2) is 67.8 Å². The minimum absolute atomic E-state index is 0. The molecule has 6 aliphatic rings.